The Kier molecular flexibility index (Phi) is 5.98. The lowest BCUT2D eigenvalue weighted by atomic mass is 9.87. The molecule has 0 bridgehead atoms. The fraction of sp³-hybridized carbons (Fsp3) is 0.167. The number of nitrogens with one attached hydrogen (secondary N) is 2. The van der Waals surface area contributed by atoms with Gasteiger partial charge in [-0.05, 0) is 53.4 Å². The average molecular weight is 388 g/mol. The largest absolute Gasteiger partial charge is 0.457 e. The van der Waals surface area contributed by atoms with Crippen molar-refractivity contribution < 1.29 is 14.3 Å². The second-order valence-corrected chi connectivity index (χ2v) is 7.68. The molecule has 3 rings (SSSR count). The summed E-state index contributed by atoms with van der Waals surface area (Å²) in [6.45, 7) is 6.33. The van der Waals surface area contributed by atoms with E-state index in [-0.39, 0.29) is 11.3 Å². The van der Waals surface area contributed by atoms with Crippen LogP contribution in [0.4, 0.5) is 0 Å². The number of hydrogen-bond acceptors (Lipinski definition) is 3. The number of carbonyl (C=O) groups is 2. The molecule has 5 nitrogen and oxygen atoms in total. The van der Waals surface area contributed by atoms with Crippen LogP contribution in [0.3, 0.4) is 0 Å². The highest BCUT2D eigenvalue weighted by atomic mass is 16.5. The van der Waals surface area contributed by atoms with E-state index in [1.807, 2.05) is 42.5 Å². The second kappa shape index (κ2) is 8.61. The van der Waals surface area contributed by atoms with Gasteiger partial charge in [0.15, 0.2) is 0 Å². The van der Waals surface area contributed by atoms with E-state index in [4.69, 9.17) is 4.74 Å². The minimum absolute atomic E-state index is 0.00998. The van der Waals surface area contributed by atoms with Crippen LogP contribution in [-0.4, -0.2) is 11.8 Å². The highest BCUT2D eigenvalue weighted by Crippen LogP contribution is 2.23. The number of carbonyl (C=O) groups excluding carboxylic acids is 2. The van der Waals surface area contributed by atoms with Crippen molar-refractivity contribution in [3.05, 3.63) is 95.6 Å². The van der Waals surface area contributed by atoms with Gasteiger partial charge in [-0.2, -0.15) is 0 Å². The predicted octanol–water partition coefficient (Wildman–Crippen LogP) is 4.85. The van der Waals surface area contributed by atoms with E-state index < -0.39 is 5.91 Å². The lowest BCUT2D eigenvalue weighted by Crippen LogP contribution is -2.41. The van der Waals surface area contributed by atoms with Gasteiger partial charge in [-0.15, -0.1) is 0 Å². The molecule has 0 aliphatic heterocycles. The third-order valence-corrected chi connectivity index (χ3v) is 4.38. The Morgan fingerprint density at radius 2 is 1.28 bits per heavy atom. The van der Waals surface area contributed by atoms with Gasteiger partial charge in [0, 0.05) is 11.1 Å². The zero-order chi connectivity index (χ0) is 20.9. The number of hydrogen-bond donors (Lipinski definition) is 2. The van der Waals surface area contributed by atoms with Gasteiger partial charge < -0.3 is 4.74 Å². The number of hydrazine groups is 1. The molecule has 0 heterocycles. The van der Waals surface area contributed by atoms with Crippen molar-refractivity contribution in [3.8, 4) is 11.5 Å². The summed E-state index contributed by atoms with van der Waals surface area (Å²) >= 11 is 0. The molecule has 2 N–H and O–H groups in total. The summed E-state index contributed by atoms with van der Waals surface area (Å²) in [4.78, 5) is 24.7. The fourth-order valence-corrected chi connectivity index (χ4v) is 2.70. The number of ether oxygens (including phenoxy) is 1. The number of benzene rings is 3. The van der Waals surface area contributed by atoms with Crippen LogP contribution < -0.4 is 15.6 Å². The zero-order valence-corrected chi connectivity index (χ0v) is 16.7. The van der Waals surface area contributed by atoms with Crippen molar-refractivity contribution in [2.75, 3.05) is 0 Å². The molecule has 29 heavy (non-hydrogen) atoms. The second-order valence-electron chi connectivity index (χ2n) is 7.68. The van der Waals surface area contributed by atoms with Crippen molar-refractivity contribution in [1.82, 2.24) is 10.9 Å². The molecule has 0 saturated heterocycles. The van der Waals surface area contributed by atoms with Crippen LogP contribution in [0.5, 0.6) is 11.5 Å². The Bertz CT molecular complexity index is 991. The van der Waals surface area contributed by atoms with E-state index in [0.717, 1.165) is 5.56 Å². The number of rotatable bonds is 4. The van der Waals surface area contributed by atoms with Crippen LogP contribution in [0.2, 0.25) is 0 Å². The predicted molar refractivity (Wildman–Crippen MR) is 113 cm³/mol. The Balaban J connectivity index is 1.60. The lowest BCUT2D eigenvalue weighted by Gasteiger charge is -2.19. The molecule has 0 saturated carbocycles. The van der Waals surface area contributed by atoms with E-state index in [9.17, 15) is 9.59 Å². The maximum absolute atomic E-state index is 12.4. The van der Waals surface area contributed by atoms with E-state index in [1.54, 1.807) is 36.4 Å². The molecule has 0 unspecified atom stereocenters. The topological polar surface area (TPSA) is 67.4 Å². The standard InChI is InChI=1S/C24H24N2O3/c1-24(2,3)19-14-12-17(13-15-19)22(27)25-26-23(28)18-8-7-11-21(16-18)29-20-9-5-4-6-10-20/h4-16H,1-3H3,(H,25,27)(H,26,28). The highest BCUT2D eigenvalue weighted by Gasteiger charge is 2.15. The van der Waals surface area contributed by atoms with Gasteiger partial charge in [-0.3, -0.25) is 20.4 Å². The third kappa shape index (κ3) is 5.45. The molecule has 0 aromatic heterocycles. The highest BCUT2D eigenvalue weighted by molar-refractivity contribution is 5.99. The first-order valence-electron chi connectivity index (χ1n) is 9.37. The molecule has 0 aliphatic rings. The Labute approximate surface area is 170 Å². The first-order chi connectivity index (χ1) is 13.8. The minimum atomic E-state index is -0.428. The monoisotopic (exact) mass is 388 g/mol. The van der Waals surface area contributed by atoms with Gasteiger partial charge in [-0.25, -0.2) is 0 Å². The summed E-state index contributed by atoms with van der Waals surface area (Å²) < 4.78 is 5.74. The van der Waals surface area contributed by atoms with Crippen molar-refractivity contribution in [2.24, 2.45) is 0 Å². The summed E-state index contributed by atoms with van der Waals surface area (Å²) in [6, 6.07) is 23.4. The Hall–Kier alpha value is -3.60. The number of para-hydroxylation sites is 1. The third-order valence-electron chi connectivity index (χ3n) is 4.38. The van der Waals surface area contributed by atoms with Gasteiger partial charge in [-0.1, -0.05) is 57.2 Å². The average Bonchev–Trinajstić information content (AvgIpc) is 2.72. The summed E-state index contributed by atoms with van der Waals surface area (Å²) in [5.74, 6) is 0.406. The molecule has 0 atom stereocenters. The molecule has 2 amide bonds. The van der Waals surface area contributed by atoms with Crippen molar-refractivity contribution >= 4 is 11.8 Å². The molecule has 0 spiro atoms. The SMILES string of the molecule is CC(C)(C)c1ccc(C(=O)NNC(=O)c2cccc(Oc3ccccc3)c2)cc1. The summed E-state index contributed by atoms with van der Waals surface area (Å²) in [5, 5.41) is 0. The smallest absolute Gasteiger partial charge is 0.269 e. The molecular formula is C24H24N2O3. The molecule has 0 aliphatic carbocycles. The molecule has 148 valence electrons. The van der Waals surface area contributed by atoms with Gasteiger partial charge >= 0.3 is 0 Å². The molecule has 3 aromatic rings. The van der Waals surface area contributed by atoms with E-state index >= 15 is 0 Å². The number of amides is 2. The van der Waals surface area contributed by atoms with Crippen LogP contribution in [0.1, 0.15) is 47.1 Å². The van der Waals surface area contributed by atoms with Crippen LogP contribution in [0, 0.1) is 0 Å². The molecule has 0 radical (unpaired) electrons. The molecule has 5 heteroatoms. The molecule has 0 fully saturated rings. The van der Waals surface area contributed by atoms with Crippen LogP contribution in [0.15, 0.2) is 78.9 Å². The first-order valence-corrected chi connectivity index (χ1v) is 9.37. The summed E-state index contributed by atoms with van der Waals surface area (Å²) in [5.41, 5.74) is 6.88. The minimum Gasteiger partial charge on any atom is -0.457 e. The Morgan fingerprint density at radius 1 is 0.690 bits per heavy atom. The van der Waals surface area contributed by atoms with Crippen LogP contribution in [0.25, 0.3) is 0 Å². The van der Waals surface area contributed by atoms with Crippen LogP contribution >= 0.6 is 0 Å². The van der Waals surface area contributed by atoms with Gasteiger partial charge in [0.1, 0.15) is 11.5 Å². The van der Waals surface area contributed by atoms with E-state index in [2.05, 4.69) is 31.6 Å². The van der Waals surface area contributed by atoms with Crippen molar-refractivity contribution in [2.45, 2.75) is 26.2 Å². The fourth-order valence-electron chi connectivity index (χ4n) is 2.70. The Morgan fingerprint density at radius 3 is 1.90 bits per heavy atom. The molecular weight excluding hydrogens is 364 g/mol. The van der Waals surface area contributed by atoms with Gasteiger partial charge in [0.05, 0.1) is 0 Å². The molecule has 3 aromatic carbocycles. The van der Waals surface area contributed by atoms with E-state index in [1.165, 1.54) is 0 Å². The lowest BCUT2D eigenvalue weighted by molar-refractivity contribution is 0.0846. The van der Waals surface area contributed by atoms with Gasteiger partial charge in [0.25, 0.3) is 11.8 Å². The normalized spacial score (nSPS) is 10.9. The van der Waals surface area contributed by atoms with Crippen molar-refractivity contribution in [1.29, 1.82) is 0 Å². The maximum atomic E-state index is 12.4. The van der Waals surface area contributed by atoms with Gasteiger partial charge in [0.2, 0.25) is 0 Å². The summed E-state index contributed by atoms with van der Waals surface area (Å²) in [6.07, 6.45) is 0. The zero-order valence-electron chi connectivity index (χ0n) is 16.7. The van der Waals surface area contributed by atoms with E-state index in [0.29, 0.717) is 22.6 Å². The first kappa shape index (κ1) is 20.1. The summed E-state index contributed by atoms with van der Waals surface area (Å²) in [7, 11) is 0. The quantitative estimate of drug-likeness (QED) is 0.628. The maximum Gasteiger partial charge on any atom is 0.269 e. The van der Waals surface area contributed by atoms with Crippen LogP contribution in [-0.2, 0) is 5.41 Å². The van der Waals surface area contributed by atoms with Crippen molar-refractivity contribution in [3.63, 3.8) is 0 Å².